The number of amides is 1. The summed E-state index contributed by atoms with van der Waals surface area (Å²) in [5.74, 6) is -0.0375. The fraction of sp³-hybridized carbons (Fsp3) is 0.667. The van der Waals surface area contributed by atoms with Gasteiger partial charge >= 0.3 is 0 Å². The molecule has 0 aliphatic heterocycles. The van der Waals surface area contributed by atoms with Gasteiger partial charge in [-0.05, 0) is 27.1 Å². The number of hydrogen-bond acceptors (Lipinski definition) is 4. The van der Waals surface area contributed by atoms with E-state index in [4.69, 9.17) is 5.73 Å². The summed E-state index contributed by atoms with van der Waals surface area (Å²) in [7, 11) is 5.85. The van der Waals surface area contributed by atoms with Gasteiger partial charge < -0.3 is 20.1 Å². The average Bonchev–Trinajstić information content (AvgIpc) is 2.76. The lowest BCUT2D eigenvalue weighted by Gasteiger charge is -2.17. The van der Waals surface area contributed by atoms with Crippen LogP contribution in [0.1, 0.15) is 16.9 Å². The molecule has 6 heteroatoms. The Morgan fingerprint density at radius 3 is 2.72 bits per heavy atom. The third-order valence-electron chi connectivity index (χ3n) is 2.69. The van der Waals surface area contributed by atoms with Crippen molar-refractivity contribution in [2.45, 2.75) is 13.0 Å². The highest BCUT2D eigenvalue weighted by molar-refractivity contribution is 5.91. The molecule has 1 rings (SSSR count). The monoisotopic (exact) mass is 253 g/mol. The zero-order valence-corrected chi connectivity index (χ0v) is 11.5. The summed E-state index contributed by atoms with van der Waals surface area (Å²) in [4.78, 5) is 20.0. The van der Waals surface area contributed by atoms with Crippen LogP contribution < -0.4 is 5.73 Å². The summed E-state index contributed by atoms with van der Waals surface area (Å²) in [6.07, 6.45) is 4.35. The number of imidazole rings is 1. The predicted octanol–water partition coefficient (Wildman–Crippen LogP) is -0.134. The Kier molecular flexibility index (Phi) is 5.80. The first-order valence-corrected chi connectivity index (χ1v) is 6.16. The number of nitrogens with two attached hydrogens (primary N) is 1. The van der Waals surface area contributed by atoms with Crippen molar-refractivity contribution in [3.63, 3.8) is 0 Å². The van der Waals surface area contributed by atoms with Gasteiger partial charge in [-0.15, -0.1) is 0 Å². The number of rotatable bonds is 7. The second kappa shape index (κ2) is 7.13. The molecule has 0 radical (unpaired) electrons. The van der Waals surface area contributed by atoms with Crippen LogP contribution in [0.2, 0.25) is 0 Å². The number of carbonyl (C=O) groups excluding carboxylic acids is 1. The first-order chi connectivity index (χ1) is 8.54. The summed E-state index contributed by atoms with van der Waals surface area (Å²) in [5.41, 5.74) is 5.93. The van der Waals surface area contributed by atoms with Gasteiger partial charge in [0.1, 0.15) is 5.69 Å². The molecule has 0 bridgehead atoms. The predicted molar refractivity (Wildman–Crippen MR) is 71.4 cm³/mol. The van der Waals surface area contributed by atoms with Crippen molar-refractivity contribution in [2.24, 2.45) is 5.73 Å². The second-order valence-corrected chi connectivity index (χ2v) is 4.67. The number of nitrogens with zero attached hydrogens (tertiary/aromatic N) is 4. The van der Waals surface area contributed by atoms with Gasteiger partial charge in [0.25, 0.3) is 5.91 Å². The van der Waals surface area contributed by atoms with E-state index in [1.807, 2.05) is 18.7 Å². The minimum absolute atomic E-state index is 0.0375. The van der Waals surface area contributed by atoms with Gasteiger partial charge in [0.2, 0.25) is 0 Å². The van der Waals surface area contributed by atoms with Gasteiger partial charge in [-0.1, -0.05) is 0 Å². The lowest BCUT2D eigenvalue weighted by Crippen LogP contribution is -2.30. The van der Waals surface area contributed by atoms with Crippen LogP contribution in [0.5, 0.6) is 0 Å². The molecule has 0 spiro atoms. The molecule has 0 fully saturated rings. The minimum Gasteiger partial charge on any atom is -0.340 e. The van der Waals surface area contributed by atoms with E-state index < -0.39 is 0 Å². The molecule has 1 aromatic rings. The van der Waals surface area contributed by atoms with Crippen molar-refractivity contribution in [3.05, 3.63) is 18.2 Å². The molecule has 1 heterocycles. The molecule has 0 atom stereocenters. The van der Waals surface area contributed by atoms with E-state index in [9.17, 15) is 4.79 Å². The summed E-state index contributed by atoms with van der Waals surface area (Å²) in [6, 6.07) is 0. The van der Waals surface area contributed by atoms with E-state index in [2.05, 4.69) is 9.88 Å². The van der Waals surface area contributed by atoms with E-state index >= 15 is 0 Å². The van der Waals surface area contributed by atoms with Crippen LogP contribution in [0.25, 0.3) is 0 Å². The normalized spacial score (nSPS) is 10.9. The molecule has 102 valence electrons. The Bertz CT molecular complexity index is 374. The molecule has 0 saturated carbocycles. The Morgan fingerprint density at radius 1 is 1.39 bits per heavy atom. The van der Waals surface area contributed by atoms with E-state index in [0.717, 1.165) is 19.5 Å². The van der Waals surface area contributed by atoms with Crippen molar-refractivity contribution in [2.75, 3.05) is 40.8 Å². The lowest BCUT2D eigenvalue weighted by molar-refractivity contribution is 0.0785. The average molecular weight is 253 g/mol. The van der Waals surface area contributed by atoms with Crippen LogP contribution in [-0.2, 0) is 6.54 Å². The van der Waals surface area contributed by atoms with Gasteiger partial charge in [0, 0.05) is 32.9 Å². The molecule has 1 aromatic heterocycles. The fourth-order valence-electron chi connectivity index (χ4n) is 1.66. The molecule has 2 N–H and O–H groups in total. The molecular weight excluding hydrogens is 230 g/mol. The van der Waals surface area contributed by atoms with E-state index in [-0.39, 0.29) is 5.91 Å². The van der Waals surface area contributed by atoms with Gasteiger partial charge in [-0.2, -0.15) is 0 Å². The van der Waals surface area contributed by atoms with Crippen molar-refractivity contribution < 1.29 is 4.79 Å². The maximum absolute atomic E-state index is 12.0. The highest BCUT2D eigenvalue weighted by Gasteiger charge is 2.14. The maximum Gasteiger partial charge on any atom is 0.273 e. The van der Waals surface area contributed by atoms with Gasteiger partial charge in [0.05, 0.1) is 6.33 Å². The number of aromatic nitrogens is 2. The van der Waals surface area contributed by atoms with E-state index in [0.29, 0.717) is 18.8 Å². The minimum atomic E-state index is -0.0375. The third kappa shape index (κ3) is 4.46. The summed E-state index contributed by atoms with van der Waals surface area (Å²) in [6.45, 7) is 2.94. The van der Waals surface area contributed by atoms with Crippen LogP contribution in [0.3, 0.4) is 0 Å². The molecule has 0 aliphatic rings. The van der Waals surface area contributed by atoms with Gasteiger partial charge in [-0.3, -0.25) is 4.79 Å². The fourth-order valence-corrected chi connectivity index (χ4v) is 1.66. The zero-order chi connectivity index (χ0) is 13.5. The molecule has 0 aliphatic carbocycles. The molecule has 18 heavy (non-hydrogen) atoms. The molecule has 1 amide bonds. The van der Waals surface area contributed by atoms with Crippen LogP contribution in [0.4, 0.5) is 0 Å². The largest absolute Gasteiger partial charge is 0.340 e. The number of carbonyl (C=O) groups is 1. The van der Waals surface area contributed by atoms with Crippen LogP contribution in [0.15, 0.2) is 12.5 Å². The van der Waals surface area contributed by atoms with Crippen LogP contribution >= 0.6 is 0 Å². The molecule has 0 aromatic carbocycles. The summed E-state index contributed by atoms with van der Waals surface area (Å²) < 4.78 is 1.83. The molecular formula is C12H23N5O. The van der Waals surface area contributed by atoms with Crippen molar-refractivity contribution in [1.29, 1.82) is 0 Å². The van der Waals surface area contributed by atoms with Gasteiger partial charge in [0.15, 0.2) is 0 Å². The Hall–Kier alpha value is -1.40. The highest BCUT2D eigenvalue weighted by Crippen LogP contribution is 2.02. The van der Waals surface area contributed by atoms with Crippen LogP contribution in [-0.4, -0.2) is 66.0 Å². The van der Waals surface area contributed by atoms with E-state index in [1.165, 1.54) is 0 Å². The smallest absolute Gasteiger partial charge is 0.273 e. The van der Waals surface area contributed by atoms with Gasteiger partial charge in [-0.25, -0.2) is 4.98 Å². The molecule has 0 saturated heterocycles. The SMILES string of the molecule is CN(C)CCCN(C)C(=O)c1cn(CCN)cn1. The summed E-state index contributed by atoms with van der Waals surface area (Å²) in [5, 5.41) is 0. The molecule has 6 nitrogen and oxygen atoms in total. The number of hydrogen-bond donors (Lipinski definition) is 1. The Balaban J connectivity index is 2.46. The summed E-state index contributed by atoms with van der Waals surface area (Å²) >= 11 is 0. The first kappa shape index (κ1) is 14.7. The first-order valence-electron chi connectivity index (χ1n) is 6.16. The zero-order valence-electron chi connectivity index (χ0n) is 11.5. The standard InChI is InChI=1S/C12H23N5O/c1-15(2)6-4-7-16(3)12(18)11-9-17(8-5-13)10-14-11/h9-10H,4-8,13H2,1-3H3. The van der Waals surface area contributed by atoms with Crippen molar-refractivity contribution in [1.82, 2.24) is 19.4 Å². The highest BCUT2D eigenvalue weighted by atomic mass is 16.2. The molecule has 0 unspecified atom stereocenters. The van der Waals surface area contributed by atoms with Crippen molar-refractivity contribution >= 4 is 5.91 Å². The maximum atomic E-state index is 12.0. The quantitative estimate of drug-likeness (QED) is 0.735. The van der Waals surface area contributed by atoms with E-state index in [1.54, 1.807) is 24.5 Å². The Labute approximate surface area is 108 Å². The third-order valence-corrected chi connectivity index (χ3v) is 2.69. The Morgan fingerprint density at radius 2 is 2.11 bits per heavy atom. The lowest BCUT2D eigenvalue weighted by atomic mass is 10.3. The topological polar surface area (TPSA) is 67.4 Å². The second-order valence-electron chi connectivity index (χ2n) is 4.67. The van der Waals surface area contributed by atoms with Crippen LogP contribution in [0, 0.1) is 0 Å². The van der Waals surface area contributed by atoms with Crippen molar-refractivity contribution in [3.8, 4) is 0 Å².